The van der Waals surface area contributed by atoms with Crippen LogP contribution >= 0.6 is 0 Å². The highest BCUT2D eigenvalue weighted by Gasteiger charge is 1.88. The van der Waals surface area contributed by atoms with Crippen LogP contribution in [0, 0.1) is 0 Å². The van der Waals surface area contributed by atoms with Crippen molar-refractivity contribution in [2.75, 3.05) is 13.6 Å². The van der Waals surface area contributed by atoms with Gasteiger partial charge in [0.25, 0.3) is 0 Å². The van der Waals surface area contributed by atoms with E-state index in [4.69, 9.17) is 0 Å². The van der Waals surface area contributed by atoms with E-state index in [1.807, 2.05) is 12.2 Å². The van der Waals surface area contributed by atoms with Crippen molar-refractivity contribution in [2.45, 2.75) is 0 Å². The summed E-state index contributed by atoms with van der Waals surface area (Å²) in [6.07, 6.45) is 10.3. The Bertz CT molecular complexity index is 152. The molecule has 0 amide bonds. The van der Waals surface area contributed by atoms with Gasteiger partial charge in [0.15, 0.2) is 12.8 Å². The van der Waals surface area contributed by atoms with Crippen LogP contribution in [0.25, 0.3) is 0 Å². The smallest absolute Gasteiger partial charge is 0.163 e. The molecule has 0 aliphatic carbocycles. The molecule has 1 nitrogen and oxygen atoms in total. The minimum Gasteiger partial charge on any atom is -0.235 e. The van der Waals surface area contributed by atoms with Gasteiger partial charge >= 0.3 is 0 Å². The summed E-state index contributed by atoms with van der Waals surface area (Å²) < 4.78 is 2.12. The Balaban J connectivity index is 2.69. The van der Waals surface area contributed by atoms with Crippen LogP contribution in [-0.2, 0) is 0 Å². The predicted octanol–water partition coefficient (Wildman–Crippen LogP) is 0.826. The molecular formula is C7H10N+. The maximum Gasteiger partial charge on any atom is 0.163 e. The van der Waals surface area contributed by atoms with Crippen molar-refractivity contribution in [3.05, 3.63) is 24.3 Å². The highest BCUT2D eigenvalue weighted by molar-refractivity contribution is 5.66. The van der Waals surface area contributed by atoms with E-state index >= 15 is 0 Å². The lowest BCUT2D eigenvalue weighted by atomic mass is 10.5. The van der Waals surface area contributed by atoms with Gasteiger partial charge in [0.05, 0.1) is 0 Å². The summed E-state index contributed by atoms with van der Waals surface area (Å²) in [5.74, 6) is 0. The van der Waals surface area contributed by atoms with Crippen molar-refractivity contribution in [2.24, 2.45) is 0 Å². The molecule has 0 saturated carbocycles. The average molecular weight is 108 g/mol. The summed E-state index contributed by atoms with van der Waals surface area (Å²) in [5, 5.41) is 0. The molecule has 0 radical (unpaired) electrons. The summed E-state index contributed by atoms with van der Waals surface area (Å²) >= 11 is 0. The maximum atomic E-state index is 2.12. The molecule has 0 spiro atoms. The number of hydrogen-bond acceptors (Lipinski definition) is 0. The van der Waals surface area contributed by atoms with Crippen LogP contribution < -0.4 is 0 Å². The monoisotopic (exact) mass is 108 g/mol. The fourth-order valence-electron chi connectivity index (χ4n) is 0.627. The molecule has 0 unspecified atom stereocenters. The summed E-state index contributed by atoms with van der Waals surface area (Å²) in [6, 6.07) is 0. The van der Waals surface area contributed by atoms with E-state index in [2.05, 4.69) is 30.0 Å². The van der Waals surface area contributed by atoms with Crippen LogP contribution in [-0.4, -0.2) is 24.4 Å². The van der Waals surface area contributed by atoms with Crippen molar-refractivity contribution < 1.29 is 4.58 Å². The predicted molar refractivity (Wildman–Crippen MR) is 35.4 cm³/mol. The standard InChI is InChI=1S/C7H10N/c1-8-6-4-2-3-5-7-8/h2-6H,7H2,1H3/q+1. The van der Waals surface area contributed by atoms with Crippen LogP contribution in [0.3, 0.4) is 0 Å². The Hall–Kier alpha value is -0.850. The molecule has 1 rings (SSSR count). The summed E-state index contributed by atoms with van der Waals surface area (Å²) in [4.78, 5) is 0. The maximum absolute atomic E-state index is 2.12. The highest BCUT2D eigenvalue weighted by atomic mass is 14.9. The van der Waals surface area contributed by atoms with Crippen LogP contribution in [0.5, 0.6) is 0 Å². The van der Waals surface area contributed by atoms with Gasteiger partial charge < -0.3 is 0 Å². The second-order valence-corrected chi connectivity index (χ2v) is 1.90. The molecule has 1 heterocycles. The minimum atomic E-state index is 1.02. The van der Waals surface area contributed by atoms with Crippen molar-refractivity contribution in [1.82, 2.24) is 0 Å². The van der Waals surface area contributed by atoms with Crippen molar-refractivity contribution in [3.8, 4) is 0 Å². The molecule has 0 atom stereocenters. The summed E-state index contributed by atoms with van der Waals surface area (Å²) in [5.41, 5.74) is 0. The summed E-state index contributed by atoms with van der Waals surface area (Å²) in [6.45, 7) is 1.02. The Morgan fingerprint density at radius 1 is 1.25 bits per heavy atom. The topological polar surface area (TPSA) is 3.01 Å². The molecule has 0 aromatic heterocycles. The molecule has 0 saturated heterocycles. The lowest BCUT2D eigenvalue weighted by Crippen LogP contribution is -2.03. The second kappa shape index (κ2) is 2.46. The van der Waals surface area contributed by atoms with Crippen LogP contribution in [0.4, 0.5) is 0 Å². The van der Waals surface area contributed by atoms with E-state index in [0.717, 1.165) is 6.54 Å². The van der Waals surface area contributed by atoms with Gasteiger partial charge in [0.1, 0.15) is 7.05 Å². The van der Waals surface area contributed by atoms with Crippen LogP contribution in [0.1, 0.15) is 0 Å². The van der Waals surface area contributed by atoms with Gasteiger partial charge in [-0.15, -0.1) is 0 Å². The van der Waals surface area contributed by atoms with Crippen LogP contribution in [0.2, 0.25) is 0 Å². The first-order valence-electron chi connectivity index (χ1n) is 2.76. The average Bonchev–Trinajstić information content (AvgIpc) is 1.94. The zero-order valence-corrected chi connectivity index (χ0v) is 5.04. The van der Waals surface area contributed by atoms with Gasteiger partial charge in [0.2, 0.25) is 0 Å². The molecule has 42 valence electrons. The Labute approximate surface area is 49.6 Å². The van der Waals surface area contributed by atoms with Gasteiger partial charge in [-0.05, 0) is 6.08 Å². The second-order valence-electron chi connectivity index (χ2n) is 1.90. The molecule has 0 N–H and O–H groups in total. The quantitative estimate of drug-likeness (QED) is 0.404. The van der Waals surface area contributed by atoms with Crippen LogP contribution in [0.15, 0.2) is 24.3 Å². The van der Waals surface area contributed by atoms with Gasteiger partial charge in [-0.25, -0.2) is 4.58 Å². The lowest BCUT2D eigenvalue weighted by molar-refractivity contribution is -0.480. The molecule has 8 heavy (non-hydrogen) atoms. The molecule has 0 fully saturated rings. The Kier molecular flexibility index (Phi) is 1.62. The van der Waals surface area contributed by atoms with E-state index in [0.29, 0.717) is 0 Å². The van der Waals surface area contributed by atoms with E-state index in [9.17, 15) is 0 Å². The molecule has 0 bridgehead atoms. The van der Waals surface area contributed by atoms with Gasteiger partial charge in [0, 0.05) is 6.08 Å². The third-order valence-corrected chi connectivity index (χ3v) is 1.09. The SMILES string of the molecule is C[N+]1=CC=CC=CC1. The summed E-state index contributed by atoms with van der Waals surface area (Å²) in [7, 11) is 2.06. The lowest BCUT2D eigenvalue weighted by Gasteiger charge is -1.83. The van der Waals surface area contributed by atoms with Gasteiger partial charge in [-0.3, -0.25) is 0 Å². The van der Waals surface area contributed by atoms with E-state index in [1.54, 1.807) is 0 Å². The van der Waals surface area contributed by atoms with Gasteiger partial charge in [-0.2, -0.15) is 0 Å². The van der Waals surface area contributed by atoms with Crippen molar-refractivity contribution >= 4 is 6.21 Å². The van der Waals surface area contributed by atoms with Gasteiger partial charge in [-0.1, -0.05) is 12.2 Å². The largest absolute Gasteiger partial charge is 0.235 e. The Morgan fingerprint density at radius 2 is 2.12 bits per heavy atom. The molecule has 1 aliphatic heterocycles. The van der Waals surface area contributed by atoms with Crippen molar-refractivity contribution in [1.29, 1.82) is 0 Å². The zero-order valence-electron chi connectivity index (χ0n) is 5.04. The first-order chi connectivity index (χ1) is 3.89. The first-order valence-corrected chi connectivity index (χ1v) is 2.76. The van der Waals surface area contributed by atoms with E-state index < -0.39 is 0 Å². The molecule has 0 aromatic carbocycles. The normalized spacial score (nSPS) is 17.9. The molecule has 1 aliphatic rings. The number of hydrogen-bond donors (Lipinski definition) is 0. The first kappa shape index (κ1) is 5.29. The third-order valence-electron chi connectivity index (χ3n) is 1.09. The third kappa shape index (κ3) is 1.34. The number of allylic oxidation sites excluding steroid dienone is 3. The minimum absolute atomic E-state index is 1.02. The van der Waals surface area contributed by atoms with E-state index in [1.165, 1.54) is 0 Å². The van der Waals surface area contributed by atoms with E-state index in [-0.39, 0.29) is 0 Å². The molecule has 1 heteroatoms. The zero-order chi connectivity index (χ0) is 5.82. The molecular weight excluding hydrogens is 98.1 g/mol. The molecule has 0 aromatic rings. The number of likely N-dealkylation sites (N-methyl/N-ethyl adjacent to an activating group) is 1. The number of rotatable bonds is 0. The number of nitrogens with zero attached hydrogens (tertiary/aromatic N) is 1. The fourth-order valence-corrected chi connectivity index (χ4v) is 0.627. The Morgan fingerprint density at radius 3 is 3.00 bits per heavy atom. The fraction of sp³-hybridized carbons (Fsp3) is 0.286. The highest BCUT2D eigenvalue weighted by Crippen LogP contribution is 1.81. The van der Waals surface area contributed by atoms with Crippen molar-refractivity contribution in [3.63, 3.8) is 0 Å².